The minimum Gasteiger partial charge on any atom is -0.356 e. The smallest absolute Gasteiger partial charge is 0.219 e. The summed E-state index contributed by atoms with van der Waals surface area (Å²) in [6, 6.07) is 0. The number of hydrogen-bond donors (Lipinski definition) is 1. The van der Waals surface area contributed by atoms with E-state index in [1.807, 2.05) is 0 Å². The number of unbranched alkanes of at least 4 members (excludes halogenated alkanes) is 13. The third-order valence-corrected chi connectivity index (χ3v) is 4.70. The zero-order valence-corrected chi connectivity index (χ0v) is 18.1. The molecule has 0 spiro atoms. The van der Waals surface area contributed by atoms with Gasteiger partial charge in [0.25, 0.3) is 0 Å². The van der Waals surface area contributed by atoms with Gasteiger partial charge in [-0.15, -0.1) is 0 Å². The van der Waals surface area contributed by atoms with Gasteiger partial charge in [-0.25, -0.2) is 0 Å². The van der Waals surface area contributed by atoms with Gasteiger partial charge in [-0.2, -0.15) is 0 Å². The fourth-order valence-electron chi connectivity index (χ4n) is 2.93. The SMILES string of the molecule is CCCCCCCC#CC#CCCCCCCCC(=O)NCCCCCC. The molecule has 0 bridgehead atoms. The normalized spacial score (nSPS) is 9.85. The highest BCUT2D eigenvalue weighted by Gasteiger charge is 2.00. The highest BCUT2D eigenvalue weighted by atomic mass is 16.1. The summed E-state index contributed by atoms with van der Waals surface area (Å²) in [6.45, 7) is 5.29. The molecule has 0 radical (unpaired) electrons. The van der Waals surface area contributed by atoms with Crippen LogP contribution in [0.25, 0.3) is 0 Å². The second-order valence-electron chi connectivity index (χ2n) is 7.45. The Kier molecular flexibility index (Phi) is 21.4. The largest absolute Gasteiger partial charge is 0.356 e. The molecule has 2 heteroatoms. The van der Waals surface area contributed by atoms with E-state index in [0.29, 0.717) is 6.42 Å². The van der Waals surface area contributed by atoms with E-state index in [1.165, 1.54) is 64.2 Å². The van der Waals surface area contributed by atoms with Crippen LogP contribution in [0, 0.1) is 23.7 Å². The quantitative estimate of drug-likeness (QED) is 0.221. The van der Waals surface area contributed by atoms with Crippen LogP contribution in [-0.4, -0.2) is 12.5 Å². The molecule has 0 heterocycles. The van der Waals surface area contributed by atoms with Crippen molar-refractivity contribution in [3.8, 4) is 23.7 Å². The van der Waals surface area contributed by atoms with Crippen LogP contribution in [0.15, 0.2) is 0 Å². The van der Waals surface area contributed by atoms with Crippen LogP contribution >= 0.6 is 0 Å². The highest BCUT2D eigenvalue weighted by Crippen LogP contribution is 2.07. The molecule has 0 fully saturated rings. The number of amides is 1. The first kappa shape index (κ1) is 25.6. The lowest BCUT2D eigenvalue weighted by Gasteiger charge is -2.04. The first-order valence-electron chi connectivity index (χ1n) is 11.5. The van der Waals surface area contributed by atoms with Gasteiger partial charge in [-0.3, -0.25) is 4.79 Å². The predicted molar refractivity (Wildman–Crippen MR) is 118 cm³/mol. The Hall–Kier alpha value is -1.41. The van der Waals surface area contributed by atoms with E-state index in [-0.39, 0.29) is 5.91 Å². The molecule has 0 unspecified atom stereocenters. The van der Waals surface area contributed by atoms with Gasteiger partial charge in [0.1, 0.15) is 0 Å². The van der Waals surface area contributed by atoms with E-state index in [9.17, 15) is 4.79 Å². The molecule has 0 aliphatic carbocycles. The lowest BCUT2D eigenvalue weighted by atomic mass is 10.1. The Morgan fingerprint density at radius 1 is 0.630 bits per heavy atom. The van der Waals surface area contributed by atoms with Gasteiger partial charge in [0.05, 0.1) is 0 Å². The molecular formula is C25H43NO. The van der Waals surface area contributed by atoms with Crippen LogP contribution in [0.4, 0.5) is 0 Å². The van der Waals surface area contributed by atoms with Crippen molar-refractivity contribution in [3.05, 3.63) is 0 Å². The monoisotopic (exact) mass is 373 g/mol. The summed E-state index contributed by atoms with van der Waals surface area (Å²) >= 11 is 0. The molecule has 27 heavy (non-hydrogen) atoms. The van der Waals surface area contributed by atoms with Crippen molar-refractivity contribution in [2.75, 3.05) is 6.54 Å². The topological polar surface area (TPSA) is 29.1 Å². The second-order valence-corrected chi connectivity index (χ2v) is 7.45. The van der Waals surface area contributed by atoms with Crippen molar-refractivity contribution in [1.29, 1.82) is 0 Å². The van der Waals surface area contributed by atoms with E-state index in [1.54, 1.807) is 0 Å². The zero-order chi connectivity index (χ0) is 19.8. The second kappa shape index (κ2) is 22.6. The fraction of sp³-hybridized carbons (Fsp3) is 0.800. The maximum Gasteiger partial charge on any atom is 0.219 e. The maximum atomic E-state index is 11.7. The molecule has 0 aromatic heterocycles. The summed E-state index contributed by atoms with van der Waals surface area (Å²) in [4.78, 5) is 11.7. The molecule has 0 aliphatic heterocycles. The van der Waals surface area contributed by atoms with Crippen LogP contribution in [0.3, 0.4) is 0 Å². The summed E-state index contributed by atoms with van der Waals surface area (Å²) in [5.41, 5.74) is 0. The van der Waals surface area contributed by atoms with Gasteiger partial charge in [0.15, 0.2) is 0 Å². The number of carbonyl (C=O) groups excluding carboxylic acids is 1. The Morgan fingerprint density at radius 2 is 1.11 bits per heavy atom. The Bertz CT molecular complexity index is 446. The van der Waals surface area contributed by atoms with E-state index in [2.05, 4.69) is 42.8 Å². The van der Waals surface area contributed by atoms with Crippen LogP contribution in [0.2, 0.25) is 0 Å². The molecule has 0 saturated carbocycles. The molecule has 0 atom stereocenters. The zero-order valence-electron chi connectivity index (χ0n) is 18.1. The summed E-state index contributed by atoms with van der Waals surface area (Å²) in [6.07, 6.45) is 19.7. The molecule has 2 nitrogen and oxygen atoms in total. The van der Waals surface area contributed by atoms with Gasteiger partial charge < -0.3 is 5.32 Å². The average molecular weight is 374 g/mol. The molecule has 154 valence electrons. The van der Waals surface area contributed by atoms with Gasteiger partial charge in [-0.05, 0) is 37.5 Å². The summed E-state index contributed by atoms with van der Waals surface area (Å²) < 4.78 is 0. The molecule has 0 aromatic rings. The molecule has 0 aliphatic rings. The van der Waals surface area contributed by atoms with E-state index in [0.717, 1.165) is 45.1 Å². The van der Waals surface area contributed by atoms with E-state index in [4.69, 9.17) is 0 Å². The van der Waals surface area contributed by atoms with E-state index >= 15 is 0 Å². The minimum atomic E-state index is 0.223. The van der Waals surface area contributed by atoms with E-state index < -0.39 is 0 Å². The van der Waals surface area contributed by atoms with Crippen LogP contribution < -0.4 is 5.32 Å². The molecule has 0 saturated heterocycles. The van der Waals surface area contributed by atoms with Crippen molar-refractivity contribution in [2.24, 2.45) is 0 Å². The van der Waals surface area contributed by atoms with Crippen molar-refractivity contribution < 1.29 is 4.79 Å². The highest BCUT2D eigenvalue weighted by molar-refractivity contribution is 5.75. The third-order valence-electron chi connectivity index (χ3n) is 4.70. The number of carbonyl (C=O) groups is 1. The molecular weight excluding hydrogens is 330 g/mol. The van der Waals surface area contributed by atoms with Crippen molar-refractivity contribution in [2.45, 2.75) is 123 Å². The average Bonchev–Trinajstić information content (AvgIpc) is 2.67. The minimum absolute atomic E-state index is 0.223. The van der Waals surface area contributed by atoms with Crippen LogP contribution in [-0.2, 0) is 4.79 Å². The number of hydrogen-bond acceptors (Lipinski definition) is 1. The Balaban J connectivity index is 3.32. The van der Waals surface area contributed by atoms with Gasteiger partial charge in [0, 0.05) is 25.8 Å². The lowest BCUT2D eigenvalue weighted by molar-refractivity contribution is -0.121. The maximum absolute atomic E-state index is 11.7. The molecule has 0 rings (SSSR count). The third kappa shape index (κ3) is 22.5. The first-order chi connectivity index (χ1) is 13.3. The van der Waals surface area contributed by atoms with Crippen LogP contribution in [0.1, 0.15) is 123 Å². The summed E-state index contributed by atoms with van der Waals surface area (Å²) in [7, 11) is 0. The van der Waals surface area contributed by atoms with Crippen molar-refractivity contribution in [3.63, 3.8) is 0 Å². The van der Waals surface area contributed by atoms with Crippen LogP contribution in [0.5, 0.6) is 0 Å². The first-order valence-corrected chi connectivity index (χ1v) is 11.5. The van der Waals surface area contributed by atoms with Gasteiger partial charge >= 0.3 is 0 Å². The Morgan fingerprint density at radius 3 is 1.70 bits per heavy atom. The molecule has 1 amide bonds. The summed E-state index contributed by atoms with van der Waals surface area (Å²) in [5.74, 6) is 12.5. The van der Waals surface area contributed by atoms with Gasteiger partial charge in [-0.1, -0.05) is 89.9 Å². The van der Waals surface area contributed by atoms with Gasteiger partial charge in [0.2, 0.25) is 5.91 Å². The lowest BCUT2D eigenvalue weighted by Crippen LogP contribution is -2.23. The number of nitrogens with one attached hydrogen (secondary N) is 1. The number of rotatable bonds is 17. The fourth-order valence-corrected chi connectivity index (χ4v) is 2.93. The standard InChI is InChI=1S/C25H43NO/c1-3-5-7-9-10-11-12-13-14-15-16-17-18-19-20-21-23-25(27)26-24-22-8-6-4-2/h3-11,16-24H2,1-2H3,(H,26,27). The molecule has 0 aromatic carbocycles. The van der Waals surface area contributed by atoms with Crippen molar-refractivity contribution in [1.82, 2.24) is 5.32 Å². The predicted octanol–water partition coefficient (Wildman–Crippen LogP) is 6.78. The van der Waals surface area contributed by atoms with Crippen molar-refractivity contribution >= 4 is 5.91 Å². The summed E-state index contributed by atoms with van der Waals surface area (Å²) in [5, 5.41) is 3.02. The Labute approximate surface area is 169 Å². The molecule has 1 N–H and O–H groups in total.